The van der Waals surface area contributed by atoms with Gasteiger partial charge in [-0.2, -0.15) is 5.26 Å². The van der Waals surface area contributed by atoms with E-state index in [0.717, 1.165) is 30.0 Å². The average Bonchev–Trinajstić information content (AvgIpc) is 2.69. The van der Waals surface area contributed by atoms with Gasteiger partial charge in [0.15, 0.2) is 5.82 Å². The van der Waals surface area contributed by atoms with E-state index in [9.17, 15) is 5.26 Å². The van der Waals surface area contributed by atoms with Crippen LogP contribution in [-0.2, 0) is 0 Å². The Labute approximate surface area is 118 Å². The van der Waals surface area contributed by atoms with Crippen molar-refractivity contribution in [3.05, 3.63) is 47.7 Å². The molecule has 3 rings (SSSR count). The monoisotopic (exact) mass is 265 g/mol. The molecular formula is C16H15N3O. The second kappa shape index (κ2) is 5.22. The zero-order valence-corrected chi connectivity index (χ0v) is 11.3. The fourth-order valence-corrected chi connectivity index (χ4v) is 2.43. The zero-order valence-electron chi connectivity index (χ0n) is 11.3. The van der Waals surface area contributed by atoms with Gasteiger partial charge in [-0.15, -0.1) is 0 Å². The highest BCUT2D eigenvalue weighted by atomic mass is 16.5. The summed E-state index contributed by atoms with van der Waals surface area (Å²) in [6.45, 7) is 3.41. The van der Waals surface area contributed by atoms with Gasteiger partial charge in [-0.1, -0.05) is 12.1 Å². The van der Waals surface area contributed by atoms with Crippen LogP contribution in [0.15, 0.2) is 36.5 Å². The summed E-state index contributed by atoms with van der Waals surface area (Å²) in [6, 6.07) is 12.0. The van der Waals surface area contributed by atoms with Crippen LogP contribution in [0.1, 0.15) is 17.5 Å². The molecule has 0 radical (unpaired) electrons. The molecular weight excluding hydrogens is 250 g/mol. The normalized spacial score (nSPS) is 13.9. The van der Waals surface area contributed by atoms with Crippen molar-refractivity contribution in [1.29, 1.82) is 5.26 Å². The van der Waals surface area contributed by atoms with Crippen LogP contribution in [0.25, 0.3) is 0 Å². The van der Waals surface area contributed by atoms with E-state index in [1.165, 1.54) is 0 Å². The van der Waals surface area contributed by atoms with Gasteiger partial charge in [0.2, 0.25) is 0 Å². The van der Waals surface area contributed by atoms with Crippen LogP contribution in [0, 0.1) is 18.3 Å². The standard InChI is InChI=1S/C16H15N3O/c1-12-7-8-18-16(13(12)11-17)19-9-4-10-20-15-6-3-2-5-14(15)19/h2-3,5-8H,4,9-10H2,1H3. The van der Waals surface area contributed by atoms with E-state index in [1.54, 1.807) is 6.20 Å². The maximum atomic E-state index is 9.40. The highest BCUT2D eigenvalue weighted by molar-refractivity contribution is 5.71. The molecule has 0 atom stereocenters. The number of aryl methyl sites for hydroxylation is 1. The van der Waals surface area contributed by atoms with Gasteiger partial charge in [-0.05, 0) is 37.1 Å². The number of hydrogen-bond donors (Lipinski definition) is 0. The quantitative estimate of drug-likeness (QED) is 0.794. The maximum absolute atomic E-state index is 9.40. The van der Waals surface area contributed by atoms with Crippen molar-refractivity contribution < 1.29 is 4.74 Å². The molecule has 0 saturated heterocycles. The van der Waals surface area contributed by atoms with Crippen molar-refractivity contribution in [2.24, 2.45) is 0 Å². The minimum Gasteiger partial charge on any atom is -0.491 e. The van der Waals surface area contributed by atoms with Gasteiger partial charge in [0.25, 0.3) is 0 Å². The Morgan fingerprint density at radius 2 is 2.15 bits per heavy atom. The number of nitriles is 1. The summed E-state index contributed by atoms with van der Waals surface area (Å²) in [4.78, 5) is 6.50. The fourth-order valence-electron chi connectivity index (χ4n) is 2.43. The Hall–Kier alpha value is -2.54. The van der Waals surface area contributed by atoms with Crippen LogP contribution >= 0.6 is 0 Å². The highest BCUT2D eigenvalue weighted by Crippen LogP contribution is 2.36. The third kappa shape index (κ3) is 2.08. The number of hydrogen-bond acceptors (Lipinski definition) is 4. The van der Waals surface area contributed by atoms with Crippen molar-refractivity contribution in [2.45, 2.75) is 13.3 Å². The van der Waals surface area contributed by atoms with Gasteiger partial charge in [0.1, 0.15) is 11.8 Å². The van der Waals surface area contributed by atoms with Crippen LogP contribution in [0.5, 0.6) is 5.75 Å². The van der Waals surface area contributed by atoms with Crippen molar-refractivity contribution in [3.63, 3.8) is 0 Å². The molecule has 4 nitrogen and oxygen atoms in total. The van der Waals surface area contributed by atoms with Crippen LogP contribution < -0.4 is 9.64 Å². The molecule has 0 fully saturated rings. The first-order valence-corrected chi connectivity index (χ1v) is 6.66. The minimum atomic E-state index is 0.629. The van der Waals surface area contributed by atoms with E-state index in [4.69, 9.17) is 4.74 Å². The number of fused-ring (bicyclic) bond motifs is 1. The summed E-state index contributed by atoms with van der Waals surface area (Å²) in [7, 11) is 0. The van der Waals surface area contributed by atoms with Crippen LogP contribution in [-0.4, -0.2) is 18.1 Å². The Balaban J connectivity index is 2.16. The van der Waals surface area contributed by atoms with Gasteiger partial charge < -0.3 is 9.64 Å². The third-order valence-electron chi connectivity index (χ3n) is 3.45. The van der Waals surface area contributed by atoms with Crippen molar-refractivity contribution >= 4 is 11.5 Å². The predicted octanol–water partition coefficient (Wildman–Crippen LogP) is 3.18. The topological polar surface area (TPSA) is 49.2 Å². The Morgan fingerprint density at radius 1 is 1.30 bits per heavy atom. The Morgan fingerprint density at radius 3 is 3.00 bits per heavy atom. The third-order valence-corrected chi connectivity index (χ3v) is 3.45. The van der Waals surface area contributed by atoms with E-state index in [1.807, 2.05) is 37.3 Å². The second-order valence-corrected chi connectivity index (χ2v) is 4.76. The summed E-state index contributed by atoms with van der Waals surface area (Å²) in [5, 5.41) is 9.40. The molecule has 1 aromatic heterocycles. The lowest BCUT2D eigenvalue weighted by atomic mass is 10.1. The molecule has 2 heterocycles. The largest absolute Gasteiger partial charge is 0.491 e. The number of ether oxygens (including phenoxy) is 1. The molecule has 0 N–H and O–H groups in total. The first kappa shape index (κ1) is 12.5. The summed E-state index contributed by atoms with van der Waals surface area (Å²) >= 11 is 0. The van der Waals surface area contributed by atoms with Crippen molar-refractivity contribution in [1.82, 2.24) is 4.98 Å². The van der Waals surface area contributed by atoms with Gasteiger partial charge in [-0.3, -0.25) is 0 Å². The summed E-state index contributed by atoms with van der Waals surface area (Å²) in [5.74, 6) is 1.56. The zero-order chi connectivity index (χ0) is 13.9. The Kier molecular flexibility index (Phi) is 3.26. The number of aromatic nitrogens is 1. The Bertz CT molecular complexity index is 676. The number of para-hydroxylation sites is 2. The maximum Gasteiger partial charge on any atom is 0.151 e. The summed E-state index contributed by atoms with van der Waals surface area (Å²) < 4.78 is 5.75. The molecule has 0 bridgehead atoms. The van der Waals surface area contributed by atoms with E-state index in [-0.39, 0.29) is 0 Å². The lowest BCUT2D eigenvalue weighted by Crippen LogP contribution is -2.20. The number of anilines is 2. The number of rotatable bonds is 1. The molecule has 0 aliphatic carbocycles. The van der Waals surface area contributed by atoms with Crippen molar-refractivity contribution in [3.8, 4) is 11.8 Å². The molecule has 0 saturated carbocycles. The molecule has 0 spiro atoms. The molecule has 1 aromatic carbocycles. The summed E-state index contributed by atoms with van der Waals surface area (Å²) in [5.41, 5.74) is 2.55. The van der Waals surface area contributed by atoms with Gasteiger partial charge in [0, 0.05) is 12.7 Å². The van der Waals surface area contributed by atoms with Crippen molar-refractivity contribution in [2.75, 3.05) is 18.1 Å². The predicted molar refractivity (Wildman–Crippen MR) is 77.2 cm³/mol. The molecule has 1 aliphatic rings. The van der Waals surface area contributed by atoms with Gasteiger partial charge in [-0.25, -0.2) is 4.98 Å². The van der Waals surface area contributed by atoms with Crippen LogP contribution in [0.2, 0.25) is 0 Å². The second-order valence-electron chi connectivity index (χ2n) is 4.76. The van der Waals surface area contributed by atoms with E-state index in [2.05, 4.69) is 16.0 Å². The van der Waals surface area contributed by atoms with Gasteiger partial charge in [0.05, 0.1) is 17.9 Å². The first-order chi connectivity index (χ1) is 9.81. The molecule has 0 unspecified atom stereocenters. The van der Waals surface area contributed by atoms with E-state index in [0.29, 0.717) is 18.0 Å². The smallest absolute Gasteiger partial charge is 0.151 e. The number of nitrogens with zero attached hydrogens (tertiary/aromatic N) is 3. The molecule has 4 heteroatoms. The van der Waals surface area contributed by atoms with E-state index >= 15 is 0 Å². The number of pyridine rings is 1. The highest BCUT2D eigenvalue weighted by Gasteiger charge is 2.21. The average molecular weight is 265 g/mol. The minimum absolute atomic E-state index is 0.629. The lowest BCUT2D eigenvalue weighted by molar-refractivity contribution is 0.322. The van der Waals surface area contributed by atoms with E-state index < -0.39 is 0 Å². The molecule has 2 aromatic rings. The molecule has 1 aliphatic heterocycles. The molecule has 0 amide bonds. The van der Waals surface area contributed by atoms with Gasteiger partial charge >= 0.3 is 0 Å². The lowest BCUT2D eigenvalue weighted by Gasteiger charge is -2.24. The molecule has 20 heavy (non-hydrogen) atoms. The van der Waals surface area contributed by atoms with Crippen LogP contribution in [0.4, 0.5) is 11.5 Å². The molecule has 100 valence electrons. The fraction of sp³-hybridized carbons (Fsp3) is 0.250. The van der Waals surface area contributed by atoms with Crippen LogP contribution in [0.3, 0.4) is 0 Å². The number of benzene rings is 1. The SMILES string of the molecule is Cc1ccnc(N2CCCOc3ccccc32)c1C#N. The first-order valence-electron chi connectivity index (χ1n) is 6.66. The summed E-state index contributed by atoms with van der Waals surface area (Å²) in [6.07, 6.45) is 2.65.